The van der Waals surface area contributed by atoms with Gasteiger partial charge in [0.25, 0.3) is 5.91 Å². The summed E-state index contributed by atoms with van der Waals surface area (Å²) in [5, 5.41) is 10.0. The standard InChI is InChI=1S/C18H25N3O3/c1-11(18(2,3)4)7-13-8-15(21-20-13)19-17(22)16-14-5-6-23-9-12(14)10-24-16/h8,10-11H,5-7,9H2,1-4H3,(H2,19,20,21,22). The summed E-state index contributed by atoms with van der Waals surface area (Å²) >= 11 is 0. The van der Waals surface area contributed by atoms with Gasteiger partial charge in [-0.1, -0.05) is 27.7 Å². The van der Waals surface area contributed by atoms with E-state index >= 15 is 0 Å². The number of ether oxygens (including phenoxy) is 1. The molecule has 0 fully saturated rings. The number of hydrogen-bond acceptors (Lipinski definition) is 4. The molecule has 2 aromatic heterocycles. The monoisotopic (exact) mass is 331 g/mol. The lowest BCUT2D eigenvalue weighted by Crippen LogP contribution is -2.19. The first-order chi connectivity index (χ1) is 11.3. The van der Waals surface area contributed by atoms with E-state index in [2.05, 4.69) is 43.2 Å². The number of nitrogens with zero attached hydrogens (tertiary/aromatic N) is 1. The van der Waals surface area contributed by atoms with E-state index in [0.29, 0.717) is 37.1 Å². The Balaban J connectivity index is 1.66. The number of H-pyrrole nitrogens is 1. The molecule has 0 saturated carbocycles. The van der Waals surface area contributed by atoms with Crippen molar-refractivity contribution in [2.24, 2.45) is 11.3 Å². The van der Waals surface area contributed by atoms with Crippen molar-refractivity contribution in [2.75, 3.05) is 11.9 Å². The van der Waals surface area contributed by atoms with Crippen molar-refractivity contribution in [1.29, 1.82) is 0 Å². The largest absolute Gasteiger partial charge is 0.458 e. The molecule has 1 unspecified atom stereocenters. The number of aromatic amines is 1. The lowest BCUT2D eigenvalue weighted by atomic mass is 9.79. The quantitative estimate of drug-likeness (QED) is 0.898. The fraction of sp³-hybridized carbons (Fsp3) is 0.556. The van der Waals surface area contributed by atoms with Gasteiger partial charge in [-0.2, -0.15) is 5.10 Å². The number of amides is 1. The molecule has 0 aliphatic carbocycles. The van der Waals surface area contributed by atoms with Crippen LogP contribution in [0.1, 0.15) is 55.1 Å². The first-order valence-corrected chi connectivity index (χ1v) is 8.37. The lowest BCUT2D eigenvalue weighted by molar-refractivity contribution is 0.0988. The van der Waals surface area contributed by atoms with Crippen LogP contribution in [-0.2, 0) is 24.2 Å². The molecule has 130 valence electrons. The molecule has 0 bridgehead atoms. The van der Waals surface area contributed by atoms with Crippen molar-refractivity contribution in [3.05, 3.63) is 34.9 Å². The molecule has 24 heavy (non-hydrogen) atoms. The van der Waals surface area contributed by atoms with Crippen molar-refractivity contribution >= 4 is 11.7 Å². The molecular formula is C18H25N3O3. The fourth-order valence-corrected chi connectivity index (χ4v) is 2.70. The Morgan fingerprint density at radius 3 is 3.00 bits per heavy atom. The molecule has 3 heterocycles. The van der Waals surface area contributed by atoms with Crippen LogP contribution in [0, 0.1) is 11.3 Å². The first-order valence-electron chi connectivity index (χ1n) is 8.37. The van der Waals surface area contributed by atoms with Crippen LogP contribution < -0.4 is 5.32 Å². The van der Waals surface area contributed by atoms with E-state index in [0.717, 1.165) is 23.2 Å². The van der Waals surface area contributed by atoms with Crippen LogP contribution in [0.3, 0.4) is 0 Å². The topological polar surface area (TPSA) is 80.2 Å². The van der Waals surface area contributed by atoms with Crippen molar-refractivity contribution < 1.29 is 13.9 Å². The smallest absolute Gasteiger partial charge is 0.292 e. The van der Waals surface area contributed by atoms with E-state index in [-0.39, 0.29) is 11.3 Å². The molecule has 1 atom stereocenters. The van der Waals surface area contributed by atoms with Gasteiger partial charge < -0.3 is 14.5 Å². The van der Waals surface area contributed by atoms with Crippen molar-refractivity contribution in [1.82, 2.24) is 10.2 Å². The van der Waals surface area contributed by atoms with Crippen LogP contribution in [0.2, 0.25) is 0 Å². The molecule has 0 radical (unpaired) electrons. The van der Waals surface area contributed by atoms with Crippen LogP contribution in [0.5, 0.6) is 0 Å². The summed E-state index contributed by atoms with van der Waals surface area (Å²) in [5.41, 5.74) is 3.13. The second-order valence-corrected chi connectivity index (χ2v) is 7.57. The minimum Gasteiger partial charge on any atom is -0.458 e. The number of carbonyl (C=O) groups is 1. The summed E-state index contributed by atoms with van der Waals surface area (Å²) < 4.78 is 10.8. The Bertz CT molecular complexity index is 724. The number of anilines is 1. The highest BCUT2D eigenvalue weighted by Crippen LogP contribution is 2.28. The van der Waals surface area contributed by atoms with Gasteiger partial charge in [0.15, 0.2) is 11.6 Å². The minimum absolute atomic E-state index is 0.226. The molecular weight excluding hydrogens is 306 g/mol. The van der Waals surface area contributed by atoms with Crippen LogP contribution in [0.25, 0.3) is 0 Å². The molecule has 6 heteroatoms. The zero-order valence-corrected chi connectivity index (χ0v) is 14.7. The Hall–Kier alpha value is -2.08. The maximum absolute atomic E-state index is 12.4. The maximum atomic E-state index is 12.4. The van der Waals surface area contributed by atoms with Gasteiger partial charge in [0.2, 0.25) is 0 Å². The normalized spacial score (nSPS) is 15.8. The Morgan fingerprint density at radius 2 is 2.25 bits per heavy atom. The van der Waals surface area contributed by atoms with Crippen molar-refractivity contribution in [3.8, 4) is 0 Å². The molecule has 0 spiro atoms. The molecule has 1 aliphatic heterocycles. The summed E-state index contributed by atoms with van der Waals surface area (Å²) in [6, 6.07) is 1.89. The zero-order valence-electron chi connectivity index (χ0n) is 14.7. The van der Waals surface area contributed by atoms with Gasteiger partial charge in [0.1, 0.15) is 0 Å². The minimum atomic E-state index is -0.264. The van der Waals surface area contributed by atoms with Gasteiger partial charge in [-0.3, -0.25) is 9.89 Å². The Kier molecular flexibility index (Phi) is 4.49. The highest BCUT2D eigenvalue weighted by Gasteiger charge is 2.24. The molecule has 6 nitrogen and oxygen atoms in total. The average molecular weight is 331 g/mol. The van der Waals surface area contributed by atoms with E-state index in [1.807, 2.05) is 6.07 Å². The summed E-state index contributed by atoms with van der Waals surface area (Å²) in [6.45, 7) is 10.0. The molecule has 0 saturated heterocycles. The maximum Gasteiger partial charge on any atom is 0.292 e. The molecule has 2 aromatic rings. The summed E-state index contributed by atoms with van der Waals surface area (Å²) in [7, 11) is 0. The summed E-state index contributed by atoms with van der Waals surface area (Å²) in [6.07, 6.45) is 3.19. The molecule has 2 N–H and O–H groups in total. The predicted molar refractivity (Wildman–Crippen MR) is 90.9 cm³/mol. The molecule has 3 rings (SSSR count). The van der Waals surface area contributed by atoms with Crippen LogP contribution in [-0.4, -0.2) is 22.7 Å². The molecule has 1 aliphatic rings. The predicted octanol–water partition coefficient (Wildman–Crippen LogP) is 3.55. The number of rotatable bonds is 4. The van der Waals surface area contributed by atoms with Crippen molar-refractivity contribution in [3.63, 3.8) is 0 Å². The zero-order chi connectivity index (χ0) is 17.3. The third-order valence-electron chi connectivity index (χ3n) is 4.82. The van der Waals surface area contributed by atoms with Crippen LogP contribution >= 0.6 is 0 Å². The van der Waals surface area contributed by atoms with E-state index in [1.54, 1.807) is 6.26 Å². The van der Waals surface area contributed by atoms with E-state index in [1.165, 1.54) is 0 Å². The Labute approximate surface area is 142 Å². The van der Waals surface area contributed by atoms with Crippen LogP contribution in [0.15, 0.2) is 16.7 Å². The number of fused-ring (bicyclic) bond motifs is 1. The number of hydrogen-bond donors (Lipinski definition) is 2. The van der Waals surface area contributed by atoms with Gasteiger partial charge >= 0.3 is 0 Å². The van der Waals surface area contributed by atoms with Crippen LogP contribution in [0.4, 0.5) is 5.82 Å². The highest BCUT2D eigenvalue weighted by molar-refractivity contribution is 6.03. The second-order valence-electron chi connectivity index (χ2n) is 7.57. The summed E-state index contributed by atoms with van der Waals surface area (Å²) in [5.74, 6) is 1.12. The number of furan rings is 1. The summed E-state index contributed by atoms with van der Waals surface area (Å²) in [4.78, 5) is 12.4. The second kappa shape index (κ2) is 6.43. The average Bonchev–Trinajstić information content (AvgIpc) is 3.13. The van der Waals surface area contributed by atoms with E-state index < -0.39 is 0 Å². The number of aromatic nitrogens is 2. The number of carbonyl (C=O) groups excluding carboxylic acids is 1. The fourth-order valence-electron chi connectivity index (χ4n) is 2.70. The third-order valence-corrected chi connectivity index (χ3v) is 4.82. The SMILES string of the molecule is CC(Cc1cc(NC(=O)c2occ3c2CCOC3)n[nH]1)C(C)(C)C. The first kappa shape index (κ1) is 16.8. The Morgan fingerprint density at radius 1 is 1.46 bits per heavy atom. The van der Waals surface area contributed by atoms with Gasteiger partial charge in [-0.15, -0.1) is 0 Å². The highest BCUT2D eigenvalue weighted by atomic mass is 16.5. The van der Waals surface area contributed by atoms with E-state index in [9.17, 15) is 4.79 Å². The van der Waals surface area contributed by atoms with Gasteiger partial charge in [0.05, 0.1) is 19.5 Å². The van der Waals surface area contributed by atoms with E-state index in [4.69, 9.17) is 9.15 Å². The van der Waals surface area contributed by atoms with Crippen molar-refractivity contribution in [2.45, 2.75) is 47.1 Å². The molecule has 0 aromatic carbocycles. The van der Waals surface area contributed by atoms with Gasteiger partial charge in [-0.05, 0) is 17.8 Å². The van der Waals surface area contributed by atoms with Gasteiger partial charge in [-0.25, -0.2) is 0 Å². The van der Waals surface area contributed by atoms with Gasteiger partial charge in [0, 0.05) is 29.3 Å². The lowest BCUT2D eigenvalue weighted by Gasteiger charge is -2.26. The number of nitrogens with one attached hydrogen (secondary N) is 2. The molecule has 1 amide bonds. The third kappa shape index (κ3) is 3.53.